The largest absolute Gasteiger partial charge is 0.481 e. The van der Waals surface area contributed by atoms with Gasteiger partial charge in [-0.25, -0.2) is 4.98 Å². The van der Waals surface area contributed by atoms with Crippen LogP contribution in [0.4, 0.5) is 0 Å². The van der Waals surface area contributed by atoms with Gasteiger partial charge in [-0.05, 0) is 40.0 Å². The van der Waals surface area contributed by atoms with Crippen molar-refractivity contribution in [1.29, 1.82) is 0 Å². The van der Waals surface area contributed by atoms with Gasteiger partial charge in [0.1, 0.15) is 0 Å². The molecule has 1 unspecified atom stereocenters. The average molecular weight is 309 g/mol. The number of aliphatic carboxylic acids is 1. The predicted molar refractivity (Wildman–Crippen MR) is 71.8 cm³/mol. The lowest BCUT2D eigenvalue weighted by atomic mass is 10.0. The zero-order valence-electron chi connectivity index (χ0n) is 9.88. The molecule has 0 spiro atoms. The van der Waals surface area contributed by atoms with Gasteiger partial charge >= 0.3 is 5.97 Å². The highest BCUT2D eigenvalue weighted by atomic mass is 79.9. The van der Waals surface area contributed by atoms with Crippen molar-refractivity contribution in [2.75, 3.05) is 0 Å². The number of aromatic nitrogens is 2. The van der Waals surface area contributed by atoms with Crippen LogP contribution in [-0.2, 0) is 11.2 Å². The second kappa shape index (κ2) is 5.35. The van der Waals surface area contributed by atoms with Gasteiger partial charge in [-0.1, -0.05) is 13.0 Å². The average Bonchev–Trinajstić information content (AvgIpc) is 2.82. The van der Waals surface area contributed by atoms with E-state index in [4.69, 9.17) is 5.11 Å². The monoisotopic (exact) mass is 308 g/mol. The maximum absolute atomic E-state index is 10.8. The van der Waals surface area contributed by atoms with Gasteiger partial charge in [-0.2, -0.15) is 0 Å². The molecular formula is C13H13BrN2O2. The van der Waals surface area contributed by atoms with Crippen molar-refractivity contribution in [3.8, 4) is 5.69 Å². The Morgan fingerprint density at radius 1 is 1.56 bits per heavy atom. The lowest BCUT2D eigenvalue weighted by molar-refractivity contribution is -0.141. The first-order valence-electron chi connectivity index (χ1n) is 5.57. The Balaban J connectivity index is 2.23. The van der Waals surface area contributed by atoms with Crippen LogP contribution in [0.15, 0.2) is 41.4 Å². The Morgan fingerprint density at radius 2 is 2.33 bits per heavy atom. The molecule has 18 heavy (non-hydrogen) atoms. The van der Waals surface area contributed by atoms with Crippen LogP contribution < -0.4 is 0 Å². The van der Waals surface area contributed by atoms with Crippen LogP contribution in [0.5, 0.6) is 0 Å². The molecule has 2 aromatic rings. The molecule has 0 saturated heterocycles. The van der Waals surface area contributed by atoms with Crippen molar-refractivity contribution >= 4 is 21.9 Å². The van der Waals surface area contributed by atoms with Crippen LogP contribution in [0.3, 0.4) is 0 Å². The highest BCUT2D eigenvalue weighted by molar-refractivity contribution is 9.10. The number of imidazole rings is 1. The van der Waals surface area contributed by atoms with E-state index < -0.39 is 5.97 Å². The summed E-state index contributed by atoms with van der Waals surface area (Å²) in [7, 11) is 0. The highest BCUT2D eigenvalue weighted by Gasteiger charge is 2.12. The van der Waals surface area contributed by atoms with Gasteiger partial charge in [0.2, 0.25) is 0 Å². The summed E-state index contributed by atoms with van der Waals surface area (Å²) in [5.41, 5.74) is 1.99. The third kappa shape index (κ3) is 2.79. The molecule has 94 valence electrons. The van der Waals surface area contributed by atoms with E-state index in [1.807, 2.05) is 29.0 Å². The van der Waals surface area contributed by atoms with Crippen molar-refractivity contribution in [2.24, 2.45) is 5.92 Å². The summed E-state index contributed by atoms with van der Waals surface area (Å²) in [6.07, 6.45) is 5.82. The highest BCUT2D eigenvalue weighted by Crippen LogP contribution is 2.23. The Kier molecular flexibility index (Phi) is 3.81. The van der Waals surface area contributed by atoms with Gasteiger partial charge in [-0.15, -0.1) is 0 Å². The number of carboxylic acid groups (broad SMARTS) is 1. The first-order valence-corrected chi connectivity index (χ1v) is 6.37. The van der Waals surface area contributed by atoms with Crippen molar-refractivity contribution < 1.29 is 9.90 Å². The second-order valence-electron chi connectivity index (χ2n) is 4.20. The molecule has 0 saturated carbocycles. The fourth-order valence-electron chi connectivity index (χ4n) is 1.73. The summed E-state index contributed by atoms with van der Waals surface area (Å²) in [6.45, 7) is 1.71. The molecule has 1 N–H and O–H groups in total. The summed E-state index contributed by atoms with van der Waals surface area (Å²) in [6, 6.07) is 5.85. The summed E-state index contributed by atoms with van der Waals surface area (Å²) in [5.74, 6) is -1.15. The first-order chi connectivity index (χ1) is 8.58. The Labute approximate surface area is 113 Å². The molecule has 1 aromatic heterocycles. The van der Waals surface area contributed by atoms with Gasteiger partial charge in [0.05, 0.1) is 17.9 Å². The zero-order valence-corrected chi connectivity index (χ0v) is 11.5. The van der Waals surface area contributed by atoms with E-state index in [-0.39, 0.29) is 5.92 Å². The third-order valence-corrected chi connectivity index (χ3v) is 3.39. The Morgan fingerprint density at radius 3 is 2.89 bits per heavy atom. The topological polar surface area (TPSA) is 55.1 Å². The number of halogens is 1. The fourth-order valence-corrected chi connectivity index (χ4v) is 2.36. The number of carboxylic acids is 1. The number of carbonyl (C=O) groups is 1. The van der Waals surface area contributed by atoms with Crippen LogP contribution in [-0.4, -0.2) is 20.6 Å². The molecule has 1 heterocycles. The van der Waals surface area contributed by atoms with Gasteiger partial charge in [0, 0.05) is 16.9 Å². The van der Waals surface area contributed by atoms with E-state index in [0.717, 1.165) is 15.7 Å². The number of nitrogens with zero attached hydrogens (tertiary/aromatic N) is 2. The lowest BCUT2D eigenvalue weighted by Gasteiger charge is -2.10. The van der Waals surface area contributed by atoms with Crippen LogP contribution in [0.1, 0.15) is 12.5 Å². The maximum atomic E-state index is 10.8. The van der Waals surface area contributed by atoms with E-state index >= 15 is 0 Å². The molecule has 0 amide bonds. The molecule has 0 fully saturated rings. The van der Waals surface area contributed by atoms with Gasteiger partial charge in [0.25, 0.3) is 0 Å². The van der Waals surface area contributed by atoms with Crippen molar-refractivity contribution in [2.45, 2.75) is 13.3 Å². The van der Waals surface area contributed by atoms with E-state index in [9.17, 15) is 4.79 Å². The summed E-state index contributed by atoms with van der Waals surface area (Å²) in [4.78, 5) is 14.8. The lowest BCUT2D eigenvalue weighted by Crippen LogP contribution is -2.12. The smallest absolute Gasteiger partial charge is 0.306 e. The van der Waals surface area contributed by atoms with Crippen LogP contribution in [0.2, 0.25) is 0 Å². The molecule has 0 aliphatic heterocycles. The van der Waals surface area contributed by atoms with Crippen molar-refractivity contribution in [3.63, 3.8) is 0 Å². The fraction of sp³-hybridized carbons (Fsp3) is 0.231. The third-order valence-electron chi connectivity index (χ3n) is 2.76. The first kappa shape index (κ1) is 12.8. The normalized spacial score (nSPS) is 12.3. The van der Waals surface area contributed by atoms with Crippen molar-refractivity contribution in [3.05, 3.63) is 47.0 Å². The molecule has 0 radical (unpaired) electrons. The summed E-state index contributed by atoms with van der Waals surface area (Å²) in [5, 5.41) is 8.89. The molecule has 1 aromatic carbocycles. The van der Waals surface area contributed by atoms with Crippen molar-refractivity contribution in [1.82, 2.24) is 9.55 Å². The molecule has 1 atom stereocenters. The molecule has 4 nitrogen and oxygen atoms in total. The Bertz CT molecular complexity index is 552. The quantitative estimate of drug-likeness (QED) is 0.945. The minimum Gasteiger partial charge on any atom is -0.481 e. The molecule has 2 rings (SSSR count). The van der Waals surface area contributed by atoms with Gasteiger partial charge in [-0.3, -0.25) is 4.79 Å². The second-order valence-corrected chi connectivity index (χ2v) is 5.05. The summed E-state index contributed by atoms with van der Waals surface area (Å²) >= 11 is 3.50. The molecule has 5 heteroatoms. The molecule has 0 bridgehead atoms. The number of hydrogen-bond acceptors (Lipinski definition) is 2. The van der Waals surface area contributed by atoms with E-state index in [1.54, 1.807) is 19.4 Å². The molecular weight excluding hydrogens is 296 g/mol. The van der Waals surface area contributed by atoms with E-state index in [1.165, 1.54) is 0 Å². The Hall–Kier alpha value is -1.62. The maximum Gasteiger partial charge on any atom is 0.306 e. The van der Waals surface area contributed by atoms with Crippen LogP contribution in [0.25, 0.3) is 5.69 Å². The van der Waals surface area contributed by atoms with E-state index in [0.29, 0.717) is 6.42 Å². The SMILES string of the molecule is CC(Cc1ccc(-n2ccnc2)c(Br)c1)C(=O)O. The number of hydrogen-bond donors (Lipinski definition) is 1. The van der Waals surface area contributed by atoms with Crippen LogP contribution in [0, 0.1) is 5.92 Å². The molecule has 0 aliphatic rings. The van der Waals surface area contributed by atoms with Crippen LogP contribution >= 0.6 is 15.9 Å². The molecule has 0 aliphatic carbocycles. The zero-order chi connectivity index (χ0) is 13.1. The minimum absolute atomic E-state index is 0.379. The van der Waals surface area contributed by atoms with Gasteiger partial charge < -0.3 is 9.67 Å². The minimum atomic E-state index is -0.773. The summed E-state index contributed by atoms with van der Waals surface area (Å²) < 4.78 is 2.82. The van der Waals surface area contributed by atoms with Gasteiger partial charge in [0.15, 0.2) is 0 Å². The van der Waals surface area contributed by atoms with E-state index in [2.05, 4.69) is 20.9 Å². The predicted octanol–water partition coefficient (Wildman–Crippen LogP) is 2.90. The standard InChI is InChI=1S/C13H13BrN2O2/c1-9(13(17)18)6-10-2-3-12(11(14)7-10)16-5-4-15-8-16/h2-5,7-9H,6H2,1H3,(H,17,18). The number of rotatable bonds is 4. The number of benzene rings is 1.